The van der Waals surface area contributed by atoms with Crippen molar-refractivity contribution in [2.24, 2.45) is 5.92 Å². The molecule has 1 atom stereocenters. The van der Waals surface area contributed by atoms with Crippen molar-refractivity contribution in [3.63, 3.8) is 0 Å². The Kier molecular flexibility index (Phi) is 5.01. The summed E-state index contributed by atoms with van der Waals surface area (Å²) in [5.41, 5.74) is 2.56. The Hall–Kier alpha value is -1.55. The quantitative estimate of drug-likeness (QED) is 0.860. The maximum Gasteiger partial charge on any atom is 0.234 e. The summed E-state index contributed by atoms with van der Waals surface area (Å²) in [6.45, 7) is 6.31. The van der Waals surface area contributed by atoms with Crippen LogP contribution in [0.1, 0.15) is 19.4 Å². The highest BCUT2D eigenvalue weighted by atomic mass is 16.2. The van der Waals surface area contributed by atoms with Crippen LogP contribution in [0, 0.1) is 5.92 Å². The molecule has 0 saturated heterocycles. The number of fused-ring (bicyclic) bond motifs is 1. The minimum Gasteiger partial charge on any atom is -0.383 e. The van der Waals surface area contributed by atoms with E-state index < -0.39 is 0 Å². The standard InChI is InChI=1S/C16H25N3O/c1-12(2)9-18-16(20)11-19(3)14-8-13-6-4-5-7-15(13)17-10-14/h4-7,12,14,17H,8-11H2,1-3H3,(H,18,20). The van der Waals surface area contributed by atoms with Crippen molar-refractivity contribution in [3.05, 3.63) is 29.8 Å². The molecule has 1 aliphatic heterocycles. The maximum absolute atomic E-state index is 11.9. The van der Waals surface area contributed by atoms with E-state index in [-0.39, 0.29) is 5.91 Å². The molecule has 0 fully saturated rings. The van der Waals surface area contributed by atoms with E-state index in [0.717, 1.165) is 19.5 Å². The first kappa shape index (κ1) is 14.9. The predicted molar refractivity (Wildman–Crippen MR) is 82.9 cm³/mol. The van der Waals surface area contributed by atoms with Gasteiger partial charge in [0, 0.05) is 24.8 Å². The molecule has 4 heteroatoms. The summed E-state index contributed by atoms with van der Waals surface area (Å²) in [5, 5.41) is 6.41. The number of nitrogens with zero attached hydrogens (tertiary/aromatic N) is 1. The van der Waals surface area contributed by atoms with Crippen molar-refractivity contribution in [3.8, 4) is 0 Å². The Morgan fingerprint density at radius 2 is 2.20 bits per heavy atom. The maximum atomic E-state index is 11.9. The Balaban J connectivity index is 1.85. The number of hydrogen-bond acceptors (Lipinski definition) is 3. The van der Waals surface area contributed by atoms with Crippen LogP contribution in [0.15, 0.2) is 24.3 Å². The lowest BCUT2D eigenvalue weighted by Gasteiger charge is -2.32. The molecule has 0 radical (unpaired) electrons. The molecule has 1 amide bonds. The van der Waals surface area contributed by atoms with Gasteiger partial charge < -0.3 is 10.6 Å². The third-order valence-electron chi connectivity index (χ3n) is 3.72. The molecule has 0 aliphatic carbocycles. The van der Waals surface area contributed by atoms with Gasteiger partial charge in [-0.1, -0.05) is 32.0 Å². The molecule has 2 N–H and O–H groups in total. The van der Waals surface area contributed by atoms with Gasteiger partial charge in [-0.3, -0.25) is 9.69 Å². The average molecular weight is 275 g/mol. The van der Waals surface area contributed by atoms with Crippen molar-refractivity contribution in [2.75, 3.05) is 32.0 Å². The van der Waals surface area contributed by atoms with Gasteiger partial charge in [-0.2, -0.15) is 0 Å². The SMILES string of the molecule is CC(C)CNC(=O)CN(C)C1CNc2ccccc2C1. The highest BCUT2D eigenvalue weighted by molar-refractivity contribution is 5.78. The van der Waals surface area contributed by atoms with E-state index in [0.29, 0.717) is 18.5 Å². The topological polar surface area (TPSA) is 44.4 Å². The molecule has 1 heterocycles. The van der Waals surface area contributed by atoms with Crippen molar-refractivity contribution in [2.45, 2.75) is 26.3 Å². The lowest BCUT2D eigenvalue weighted by Crippen LogP contribution is -2.46. The molecule has 0 saturated carbocycles. The zero-order valence-electron chi connectivity index (χ0n) is 12.6. The number of carbonyl (C=O) groups excluding carboxylic acids is 1. The van der Waals surface area contributed by atoms with Crippen LogP contribution in [0.25, 0.3) is 0 Å². The molecule has 110 valence electrons. The molecule has 20 heavy (non-hydrogen) atoms. The van der Waals surface area contributed by atoms with Crippen LogP contribution in [0.5, 0.6) is 0 Å². The van der Waals surface area contributed by atoms with Crippen molar-refractivity contribution in [1.29, 1.82) is 0 Å². The molecule has 1 aromatic rings. The van der Waals surface area contributed by atoms with Gasteiger partial charge >= 0.3 is 0 Å². The summed E-state index contributed by atoms with van der Waals surface area (Å²) in [4.78, 5) is 14.0. The van der Waals surface area contributed by atoms with Gasteiger partial charge in [0.15, 0.2) is 0 Å². The van der Waals surface area contributed by atoms with Crippen LogP contribution in [0.3, 0.4) is 0 Å². The van der Waals surface area contributed by atoms with E-state index in [1.54, 1.807) is 0 Å². The highest BCUT2D eigenvalue weighted by Gasteiger charge is 2.22. The number of carbonyl (C=O) groups is 1. The zero-order chi connectivity index (χ0) is 14.5. The monoisotopic (exact) mass is 275 g/mol. The fourth-order valence-corrected chi connectivity index (χ4v) is 2.47. The third kappa shape index (κ3) is 3.97. The van der Waals surface area contributed by atoms with Crippen LogP contribution in [0.4, 0.5) is 5.69 Å². The molecule has 1 aromatic carbocycles. The van der Waals surface area contributed by atoms with Crippen LogP contribution >= 0.6 is 0 Å². The van der Waals surface area contributed by atoms with E-state index in [9.17, 15) is 4.79 Å². The Labute approximate surface area is 121 Å². The summed E-state index contributed by atoms with van der Waals surface area (Å²) in [7, 11) is 2.02. The summed E-state index contributed by atoms with van der Waals surface area (Å²) < 4.78 is 0. The Morgan fingerprint density at radius 3 is 2.95 bits per heavy atom. The van der Waals surface area contributed by atoms with Gasteiger partial charge in [-0.25, -0.2) is 0 Å². The number of rotatable bonds is 5. The number of likely N-dealkylation sites (N-methyl/N-ethyl adjacent to an activating group) is 1. The molecule has 0 aromatic heterocycles. The molecule has 2 rings (SSSR count). The molecule has 1 aliphatic rings. The number of hydrogen-bond donors (Lipinski definition) is 2. The van der Waals surface area contributed by atoms with Gasteiger partial charge in [0.05, 0.1) is 6.54 Å². The lowest BCUT2D eigenvalue weighted by molar-refractivity contribution is -0.122. The van der Waals surface area contributed by atoms with Gasteiger partial charge in [0.1, 0.15) is 0 Å². The minimum absolute atomic E-state index is 0.111. The molecule has 0 spiro atoms. The predicted octanol–water partition coefficient (Wildman–Crippen LogP) is 1.73. The number of nitrogens with one attached hydrogen (secondary N) is 2. The third-order valence-corrected chi connectivity index (χ3v) is 3.72. The van der Waals surface area contributed by atoms with Crippen molar-refractivity contribution < 1.29 is 4.79 Å². The summed E-state index contributed by atoms with van der Waals surface area (Å²) >= 11 is 0. The van der Waals surface area contributed by atoms with Crippen LogP contribution in [-0.2, 0) is 11.2 Å². The molecule has 0 bridgehead atoms. The van der Waals surface area contributed by atoms with Crippen molar-refractivity contribution in [1.82, 2.24) is 10.2 Å². The smallest absolute Gasteiger partial charge is 0.234 e. The second-order valence-electron chi connectivity index (χ2n) is 6.01. The average Bonchev–Trinajstić information content (AvgIpc) is 2.44. The fourth-order valence-electron chi connectivity index (χ4n) is 2.47. The fraction of sp³-hybridized carbons (Fsp3) is 0.562. The van der Waals surface area contributed by atoms with Gasteiger partial charge in [-0.05, 0) is 31.0 Å². The summed E-state index contributed by atoms with van der Waals surface area (Å²) in [5.74, 6) is 0.604. The van der Waals surface area contributed by atoms with E-state index in [2.05, 4.69) is 53.6 Å². The zero-order valence-corrected chi connectivity index (χ0v) is 12.6. The van der Waals surface area contributed by atoms with Gasteiger partial charge in [-0.15, -0.1) is 0 Å². The number of benzene rings is 1. The number of anilines is 1. The summed E-state index contributed by atoms with van der Waals surface area (Å²) in [6.07, 6.45) is 0.997. The first-order valence-electron chi connectivity index (χ1n) is 7.35. The number of amides is 1. The van der Waals surface area contributed by atoms with Gasteiger partial charge in [0.25, 0.3) is 0 Å². The first-order chi connectivity index (χ1) is 9.56. The number of para-hydroxylation sites is 1. The normalized spacial score (nSPS) is 17.8. The molecule has 1 unspecified atom stereocenters. The summed E-state index contributed by atoms with van der Waals surface area (Å²) in [6, 6.07) is 8.75. The van der Waals surface area contributed by atoms with E-state index in [4.69, 9.17) is 0 Å². The highest BCUT2D eigenvalue weighted by Crippen LogP contribution is 2.22. The van der Waals surface area contributed by atoms with Crippen LogP contribution < -0.4 is 10.6 Å². The van der Waals surface area contributed by atoms with Crippen LogP contribution in [-0.4, -0.2) is 43.5 Å². The van der Waals surface area contributed by atoms with Crippen LogP contribution in [0.2, 0.25) is 0 Å². The largest absolute Gasteiger partial charge is 0.383 e. The minimum atomic E-state index is 0.111. The Bertz CT molecular complexity index is 459. The second kappa shape index (κ2) is 6.75. The first-order valence-corrected chi connectivity index (χ1v) is 7.35. The van der Waals surface area contributed by atoms with E-state index in [1.165, 1.54) is 11.3 Å². The van der Waals surface area contributed by atoms with Gasteiger partial charge in [0.2, 0.25) is 5.91 Å². The molecular formula is C16H25N3O. The molecule has 4 nitrogen and oxygen atoms in total. The van der Waals surface area contributed by atoms with E-state index in [1.807, 2.05) is 7.05 Å². The van der Waals surface area contributed by atoms with E-state index >= 15 is 0 Å². The lowest BCUT2D eigenvalue weighted by atomic mass is 9.99. The molecular weight excluding hydrogens is 250 g/mol. The second-order valence-corrected chi connectivity index (χ2v) is 6.01. The van der Waals surface area contributed by atoms with Crippen molar-refractivity contribution >= 4 is 11.6 Å². The Morgan fingerprint density at radius 1 is 1.45 bits per heavy atom.